The summed E-state index contributed by atoms with van der Waals surface area (Å²) in [5.74, 6) is -0.0719. The van der Waals surface area contributed by atoms with E-state index in [1.54, 1.807) is 0 Å². The lowest BCUT2D eigenvalue weighted by Gasteiger charge is -2.09. The SMILES string of the molecule is CCCC(C)CCOC(=O)c1ncn2c(=O)n(C)nnc12. The first-order valence-corrected chi connectivity index (χ1v) is 6.98. The summed E-state index contributed by atoms with van der Waals surface area (Å²) in [5.41, 5.74) is -0.281. The molecular formula is C13H19N5O3. The fourth-order valence-corrected chi connectivity index (χ4v) is 2.08. The minimum absolute atomic E-state index is 0.0170. The van der Waals surface area contributed by atoms with Crippen molar-refractivity contribution in [2.45, 2.75) is 33.1 Å². The molecule has 1 unspecified atom stereocenters. The maximum Gasteiger partial charge on any atom is 0.360 e. The van der Waals surface area contributed by atoms with Crippen LogP contribution in [-0.2, 0) is 11.8 Å². The molecule has 2 aromatic heterocycles. The first-order chi connectivity index (χ1) is 10.0. The molecule has 1 atom stereocenters. The maximum absolute atomic E-state index is 12.0. The molecule has 0 bridgehead atoms. The molecule has 21 heavy (non-hydrogen) atoms. The summed E-state index contributed by atoms with van der Waals surface area (Å²) in [6.45, 7) is 4.58. The molecular weight excluding hydrogens is 274 g/mol. The Morgan fingerprint density at radius 2 is 2.19 bits per heavy atom. The summed E-state index contributed by atoms with van der Waals surface area (Å²) in [7, 11) is 1.47. The van der Waals surface area contributed by atoms with E-state index in [9.17, 15) is 9.59 Å². The van der Waals surface area contributed by atoms with E-state index in [1.807, 2.05) is 0 Å². The molecule has 8 nitrogen and oxygen atoms in total. The lowest BCUT2D eigenvalue weighted by atomic mass is 10.0. The number of aromatic nitrogens is 5. The minimum atomic E-state index is -0.580. The summed E-state index contributed by atoms with van der Waals surface area (Å²) >= 11 is 0. The Bertz CT molecular complexity index is 691. The number of fused-ring (bicyclic) bond motifs is 1. The van der Waals surface area contributed by atoms with Gasteiger partial charge in [0.1, 0.15) is 6.33 Å². The standard InChI is InChI=1S/C13H19N5O3/c1-4-5-9(2)6-7-21-12(19)10-11-15-16-17(3)13(20)18(11)8-14-10/h8-9H,4-7H2,1-3H3. The Morgan fingerprint density at radius 1 is 1.43 bits per heavy atom. The third-order valence-electron chi connectivity index (χ3n) is 3.32. The summed E-state index contributed by atoms with van der Waals surface area (Å²) < 4.78 is 7.43. The van der Waals surface area contributed by atoms with E-state index in [0.717, 1.165) is 23.9 Å². The van der Waals surface area contributed by atoms with Crippen LogP contribution in [0.2, 0.25) is 0 Å². The van der Waals surface area contributed by atoms with E-state index in [2.05, 4.69) is 29.1 Å². The van der Waals surface area contributed by atoms with Gasteiger partial charge in [0.2, 0.25) is 0 Å². The Kier molecular flexibility index (Phi) is 4.66. The molecule has 0 fully saturated rings. The van der Waals surface area contributed by atoms with Crippen molar-refractivity contribution >= 4 is 11.6 Å². The fourth-order valence-electron chi connectivity index (χ4n) is 2.08. The average Bonchev–Trinajstić information content (AvgIpc) is 2.87. The number of carbonyl (C=O) groups excluding carboxylic acids is 1. The van der Waals surface area contributed by atoms with E-state index in [-0.39, 0.29) is 11.3 Å². The monoisotopic (exact) mass is 293 g/mol. The van der Waals surface area contributed by atoms with Crippen molar-refractivity contribution in [2.24, 2.45) is 13.0 Å². The van der Waals surface area contributed by atoms with Crippen LogP contribution in [-0.4, -0.2) is 37.0 Å². The van der Waals surface area contributed by atoms with Crippen LogP contribution >= 0.6 is 0 Å². The molecule has 0 aliphatic heterocycles. The first kappa shape index (κ1) is 15.1. The van der Waals surface area contributed by atoms with Crippen molar-refractivity contribution in [3.63, 3.8) is 0 Å². The van der Waals surface area contributed by atoms with Crippen molar-refractivity contribution < 1.29 is 9.53 Å². The number of imidazole rings is 1. The fraction of sp³-hybridized carbons (Fsp3) is 0.615. The molecule has 2 heterocycles. The third kappa shape index (κ3) is 3.26. The van der Waals surface area contributed by atoms with Gasteiger partial charge in [-0.15, -0.1) is 5.10 Å². The first-order valence-electron chi connectivity index (χ1n) is 6.98. The van der Waals surface area contributed by atoms with Crippen molar-refractivity contribution in [1.82, 2.24) is 24.4 Å². The predicted octanol–water partition coefficient (Wildman–Crippen LogP) is 0.806. The number of carbonyl (C=O) groups is 1. The highest BCUT2D eigenvalue weighted by Gasteiger charge is 2.18. The van der Waals surface area contributed by atoms with Crippen LogP contribution in [0.4, 0.5) is 0 Å². The Labute approximate surface area is 121 Å². The largest absolute Gasteiger partial charge is 0.461 e. The van der Waals surface area contributed by atoms with Crippen LogP contribution in [0.1, 0.15) is 43.6 Å². The van der Waals surface area contributed by atoms with Crippen LogP contribution in [0, 0.1) is 5.92 Å². The second kappa shape index (κ2) is 6.47. The Hall–Kier alpha value is -2.25. The van der Waals surface area contributed by atoms with Crippen molar-refractivity contribution in [2.75, 3.05) is 6.61 Å². The van der Waals surface area contributed by atoms with Gasteiger partial charge in [-0.25, -0.2) is 19.0 Å². The van der Waals surface area contributed by atoms with Crippen LogP contribution in [0.25, 0.3) is 5.65 Å². The number of rotatable bonds is 6. The van der Waals surface area contributed by atoms with Gasteiger partial charge in [0, 0.05) is 7.05 Å². The van der Waals surface area contributed by atoms with Crippen molar-refractivity contribution in [3.8, 4) is 0 Å². The van der Waals surface area contributed by atoms with Gasteiger partial charge in [0.05, 0.1) is 6.61 Å². The van der Waals surface area contributed by atoms with Crippen LogP contribution < -0.4 is 5.69 Å². The van der Waals surface area contributed by atoms with Crippen LogP contribution in [0.3, 0.4) is 0 Å². The smallest absolute Gasteiger partial charge is 0.360 e. The second-order valence-electron chi connectivity index (χ2n) is 5.10. The molecule has 0 amide bonds. The van der Waals surface area contributed by atoms with Gasteiger partial charge in [-0.3, -0.25) is 0 Å². The zero-order chi connectivity index (χ0) is 15.4. The summed E-state index contributed by atoms with van der Waals surface area (Å²) in [5, 5.41) is 7.45. The van der Waals surface area contributed by atoms with Gasteiger partial charge in [-0.05, 0) is 12.3 Å². The van der Waals surface area contributed by atoms with Gasteiger partial charge in [-0.2, -0.15) is 4.68 Å². The molecule has 0 spiro atoms. The molecule has 0 N–H and O–H groups in total. The van der Waals surface area contributed by atoms with Crippen molar-refractivity contribution in [3.05, 3.63) is 22.5 Å². The molecule has 2 aromatic rings. The summed E-state index contributed by atoms with van der Waals surface area (Å²) in [6, 6.07) is 0. The number of hydrogen-bond acceptors (Lipinski definition) is 6. The molecule has 0 aliphatic rings. The zero-order valence-electron chi connectivity index (χ0n) is 12.4. The second-order valence-corrected chi connectivity index (χ2v) is 5.10. The number of aryl methyl sites for hydroxylation is 1. The number of ether oxygens (including phenoxy) is 1. The third-order valence-corrected chi connectivity index (χ3v) is 3.32. The molecule has 0 aliphatic carbocycles. The minimum Gasteiger partial charge on any atom is -0.461 e. The normalized spacial score (nSPS) is 12.5. The maximum atomic E-state index is 12.0. The Morgan fingerprint density at radius 3 is 2.90 bits per heavy atom. The van der Waals surface area contributed by atoms with Gasteiger partial charge in [-0.1, -0.05) is 31.9 Å². The Balaban J connectivity index is 2.07. The molecule has 114 valence electrons. The molecule has 0 saturated carbocycles. The van der Waals surface area contributed by atoms with Gasteiger partial charge < -0.3 is 4.74 Å². The van der Waals surface area contributed by atoms with Crippen LogP contribution in [0.5, 0.6) is 0 Å². The van der Waals surface area contributed by atoms with E-state index < -0.39 is 11.7 Å². The molecule has 0 saturated heterocycles. The molecule has 2 rings (SSSR count). The topological polar surface area (TPSA) is 91.4 Å². The van der Waals surface area contributed by atoms with E-state index in [1.165, 1.54) is 17.8 Å². The molecule has 8 heteroatoms. The van der Waals surface area contributed by atoms with Crippen LogP contribution in [0.15, 0.2) is 11.1 Å². The lowest BCUT2D eigenvalue weighted by molar-refractivity contribution is 0.0479. The van der Waals surface area contributed by atoms with E-state index in [4.69, 9.17) is 4.74 Å². The number of esters is 1. The molecule has 0 aromatic carbocycles. The summed E-state index contributed by atoms with van der Waals surface area (Å²) in [4.78, 5) is 27.7. The van der Waals surface area contributed by atoms with E-state index in [0.29, 0.717) is 12.5 Å². The van der Waals surface area contributed by atoms with Gasteiger partial charge in [0.25, 0.3) is 0 Å². The molecule has 0 radical (unpaired) electrons. The van der Waals surface area contributed by atoms with E-state index >= 15 is 0 Å². The lowest BCUT2D eigenvalue weighted by Crippen LogP contribution is -2.27. The van der Waals surface area contributed by atoms with Gasteiger partial charge in [0.15, 0.2) is 11.3 Å². The summed E-state index contributed by atoms with van der Waals surface area (Å²) in [6.07, 6.45) is 4.27. The number of hydrogen-bond donors (Lipinski definition) is 0. The van der Waals surface area contributed by atoms with Crippen molar-refractivity contribution in [1.29, 1.82) is 0 Å². The number of nitrogens with zero attached hydrogens (tertiary/aromatic N) is 5. The zero-order valence-corrected chi connectivity index (χ0v) is 12.4. The van der Waals surface area contributed by atoms with Gasteiger partial charge >= 0.3 is 11.7 Å². The highest BCUT2D eigenvalue weighted by atomic mass is 16.5. The average molecular weight is 293 g/mol. The highest BCUT2D eigenvalue weighted by Crippen LogP contribution is 2.11. The predicted molar refractivity (Wildman–Crippen MR) is 75.0 cm³/mol. The quantitative estimate of drug-likeness (QED) is 0.732. The highest BCUT2D eigenvalue weighted by molar-refractivity contribution is 5.93.